The molecule has 0 aliphatic carbocycles. The number of nitrogens with zero attached hydrogens (tertiary/aromatic N) is 4. The molecule has 0 bridgehead atoms. The number of pyridine rings is 1. The van der Waals surface area contributed by atoms with Crippen molar-refractivity contribution in [1.29, 1.82) is 0 Å². The molecule has 214 valence electrons. The molecule has 41 heavy (non-hydrogen) atoms. The van der Waals surface area contributed by atoms with Gasteiger partial charge in [-0.3, -0.25) is 19.8 Å². The Kier molecular flexibility index (Phi) is 7.85. The Bertz CT molecular complexity index is 1870. The Hall–Kier alpha value is -3.46. The van der Waals surface area contributed by atoms with Crippen molar-refractivity contribution in [2.75, 3.05) is 19.3 Å². The second kappa shape index (κ2) is 11.1. The third kappa shape index (κ3) is 5.44. The molecule has 1 saturated heterocycles. The first-order chi connectivity index (χ1) is 19.4. The fraction of sp³-hybridized carbons (Fsp3) is 0.259. The molecule has 1 aliphatic rings. The molecule has 0 spiro atoms. The van der Waals surface area contributed by atoms with Gasteiger partial charge >= 0.3 is 0 Å². The molecule has 14 heteroatoms. The second-order valence-electron chi connectivity index (χ2n) is 9.88. The summed E-state index contributed by atoms with van der Waals surface area (Å²) in [7, 11) is -7.32. The van der Waals surface area contributed by atoms with Crippen molar-refractivity contribution in [3.8, 4) is 11.3 Å². The number of piperidine rings is 1. The number of rotatable bonds is 8. The predicted molar refractivity (Wildman–Crippen MR) is 157 cm³/mol. The second-order valence-corrected chi connectivity index (χ2v) is 14.8. The first-order valence-corrected chi connectivity index (χ1v) is 16.8. The molecule has 4 aromatic rings. The molecule has 0 saturated carbocycles. The predicted octanol–water partition coefficient (Wildman–Crippen LogP) is 4.43. The highest BCUT2D eigenvalue weighted by Crippen LogP contribution is 2.42. The zero-order valence-corrected chi connectivity index (χ0v) is 25.0. The third-order valence-electron chi connectivity index (χ3n) is 7.27. The maximum Gasteiger partial charge on any atom is 0.298 e. The van der Waals surface area contributed by atoms with Gasteiger partial charge in [-0.2, -0.15) is 0 Å². The van der Waals surface area contributed by atoms with Gasteiger partial charge in [0.05, 0.1) is 30.6 Å². The van der Waals surface area contributed by atoms with Crippen molar-refractivity contribution < 1.29 is 26.6 Å². The molecule has 5 rings (SSSR count). The number of likely N-dealkylation sites (tertiary alicyclic amines) is 1. The quantitative estimate of drug-likeness (QED) is 0.152. The van der Waals surface area contributed by atoms with Gasteiger partial charge in [-0.05, 0) is 59.6 Å². The molecular weight excluding hydrogens is 636 g/mol. The van der Waals surface area contributed by atoms with E-state index in [4.69, 9.17) is 0 Å². The van der Waals surface area contributed by atoms with E-state index in [9.17, 15) is 31.7 Å². The number of nitro groups is 1. The van der Waals surface area contributed by atoms with Crippen LogP contribution >= 0.6 is 15.9 Å². The van der Waals surface area contributed by atoms with Crippen LogP contribution in [-0.4, -0.2) is 66.5 Å². The minimum absolute atomic E-state index is 0.0153. The number of benzene rings is 2. The molecular formula is C27H25BrN4O7S2. The van der Waals surface area contributed by atoms with Gasteiger partial charge in [0.25, 0.3) is 15.7 Å². The number of sulfone groups is 1. The lowest BCUT2D eigenvalue weighted by Crippen LogP contribution is -2.38. The maximum absolute atomic E-state index is 13.9. The number of carbonyl (C=O) groups is 1. The lowest BCUT2D eigenvalue weighted by Gasteiger charge is -2.31. The largest absolute Gasteiger partial charge is 0.299 e. The molecule has 3 heterocycles. The minimum atomic E-state index is -4.25. The van der Waals surface area contributed by atoms with Crippen LogP contribution in [0, 0.1) is 10.1 Å². The lowest BCUT2D eigenvalue weighted by atomic mass is 10.1. The van der Waals surface area contributed by atoms with Crippen LogP contribution in [-0.2, 0) is 26.4 Å². The Balaban J connectivity index is 1.60. The normalized spacial score (nSPS) is 15.3. The molecule has 0 atom stereocenters. The molecule has 0 amide bonds. The summed E-state index contributed by atoms with van der Waals surface area (Å²) in [6.45, 7) is 1.88. The summed E-state index contributed by atoms with van der Waals surface area (Å²) < 4.78 is 52.8. The highest BCUT2D eigenvalue weighted by Gasteiger charge is 2.32. The number of halogens is 1. The van der Waals surface area contributed by atoms with Gasteiger partial charge in [0, 0.05) is 18.4 Å². The highest BCUT2D eigenvalue weighted by molar-refractivity contribution is 9.10. The van der Waals surface area contributed by atoms with Gasteiger partial charge in [0.1, 0.15) is 21.6 Å². The molecule has 2 aromatic heterocycles. The summed E-state index contributed by atoms with van der Waals surface area (Å²) in [5.74, 6) is 0. The van der Waals surface area contributed by atoms with E-state index in [0.717, 1.165) is 15.7 Å². The van der Waals surface area contributed by atoms with Gasteiger partial charge in [-0.15, -0.1) is 0 Å². The Morgan fingerprint density at radius 2 is 1.68 bits per heavy atom. The van der Waals surface area contributed by atoms with Crippen molar-refractivity contribution in [3.63, 3.8) is 0 Å². The van der Waals surface area contributed by atoms with Crippen molar-refractivity contribution >= 4 is 58.8 Å². The first-order valence-electron chi connectivity index (χ1n) is 12.6. The Labute approximate surface area is 245 Å². The van der Waals surface area contributed by atoms with Crippen molar-refractivity contribution in [1.82, 2.24) is 13.9 Å². The van der Waals surface area contributed by atoms with Gasteiger partial charge in [-0.1, -0.05) is 42.5 Å². The SMILES string of the molecule is CS(=O)(=O)C1CCN(Cc2ccc(-c3c(Br)c4c(C=O)c([N+](=O)[O-])cnc4n3S(=O)(=O)c3ccccc3)cc2)CC1. The monoisotopic (exact) mass is 660 g/mol. The van der Waals surface area contributed by atoms with Crippen molar-refractivity contribution in [3.05, 3.63) is 86.5 Å². The highest BCUT2D eigenvalue weighted by atomic mass is 79.9. The summed E-state index contributed by atoms with van der Waals surface area (Å²) in [6, 6.07) is 14.9. The van der Waals surface area contributed by atoms with E-state index in [2.05, 4.69) is 25.8 Å². The summed E-state index contributed by atoms with van der Waals surface area (Å²) in [5, 5.41) is 11.3. The van der Waals surface area contributed by atoms with Crippen LogP contribution in [0.4, 0.5) is 5.69 Å². The maximum atomic E-state index is 13.9. The van der Waals surface area contributed by atoms with E-state index >= 15 is 0 Å². The first kappa shape index (κ1) is 29.0. The van der Waals surface area contributed by atoms with E-state index in [1.54, 1.807) is 30.3 Å². The zero-order chi connectivity index (χ0) is 29.5. The number of hydrogen-bond donors (Lipinski definition) is 0. The molecule has 2 aromatic carbocycles. The number of aldehydes is 1. The molecule has 11 nitrogen and oxygen atoms in total. The summed E-state index contributed by atoms with van der Waals surface area (Å²) in [6.07, 6.45) is 3.62. The van der Waals surface area contributed by atoms with Crippen LogP contribution < -0.4 is 0 Å². The van der Waals surface area contributed by atoms with Crippen LogP contribution in [0.5, 0.6) is 0 Å². The average Bonchev–Trinajstić information content (AvgIpc) is 3.26. The fourth-order valence-corrected chi connectivity index (χ4v) is 8.65. The van der Waals surface area contributed by atoms with Crippen LogP contribution in [0.15, 0.2) is 70.2 Å². The number of fused-ring (bicyclic) bond motifs is 1. The Morgan fingerprint density at radius 1 is 1.05 bits per heavy atom. The summed E-state index contributed by atoms with van der Waals surface area (Å²) >= 11 is 3.44. The topological polar surface area (TPSA) is 150 Å². The summed E-state index contributed by atoms with van der Waals surface area (Å²) in [5.41, 5.74) is 0.641. The van der Waals surface area contributed by atoms with Crippen molar-refractivity contribution in [2.45, 2.75) is 29.5 Å². The van der Waals surface area contributed by atoms with Crippen LogP contribution in [0.1, 0.15) is 28.8 Å². The minimum Gasteiger partial charge on any atom is -0.299 e. The number of aromatic nitrogens is 2. The molecule has 0 unspecified atom stereocenters. The number of carbonyl (C=O) groups excluding carboxylic acids is 1. The van der Waals surface area contributed by atoms with Gasteiger partial charge in [-0.25, -0.2) is 25.8 Å². The van der Waals surface area contributed by atoms with E-state index in [0.29, 0.717) is 44.3 Å². The van der Waals surface area contributed by atoms with E-state index < -0.39 is 30.5 Å². The average molecular weight is 662 g/mol. The van der Waals surface area contributed by atoms with Gasteiger partial charge < -0.3 is 0 Å². The van der Waals surface area contributed by atoms with E-state index in [1.807, 2.05) is 12.1 Å². The molecule has 0 radical (unpaired) electrons. The summed E-state index contributed by atoms with van der Waals surface area (Å²) in [4.78, 5) is 29.2. The molecule has 1 aliphatic heterocycles. The Morgan fingerprint density at radius 3 is 2.24 bits per heavy atom. The van der Waals surface area contributed by atoms with Crippen LogP contribution in [0.3, 0.4) is 0 Å². The van der Waals surface area contributed by atoms with Gasteiger partial charge in [0.2, 0.25) is 0 Å². The lowest BCUT2D eigenvalue weighted by molar-refractivity contribution is -0.385. The van der Waals surface area contributed by atoms with Gasteiger partial charge in [0.15, 0.2) is 11.9 Å². The van der Waals surface area contributed by atoms with Crippen LogP contribution in [0.2, 0.25) is 0 Å². The van der Waals surface area contributed by atoms with Crippen LogP contribution in [0.25, 0.3) is 22.3 Å². The third-order valence-corrected chi connectivity index (χ3v) is 11.4. The standard InChI is InChI=1S/C27H25BrN4O7S2/c1-40(36,37)20-11-13-30(14-12-20)16-18-7-9-19(10-8-18)26-25(28)24-22(17-33)23(32(34)35)15-29-27(24)31(26)41(38,39)21-5-3-2-4-6-21/h2-10,15,17,20H,11-14,16H2,1H3. The zero-order valence-electron chi connectivity index (χ0n) is 21.8. The molecule has 0 N–H and O–H groups in total. The molecule has 1 fully saturated rings. The number of hydrogen-bond acceptors (Lipinski definition) is 9. The van der Waals surface area contributed by atoms with E-state index in [-0.39, 0.29) is 36.9 Å². The smallest absolute Gasteiger partial charge is 0.298 e. The fourth-order valence-electron chi connectivity index (χ4n) is 5.15. The van der Waals surface area contributed by atoms with E-state index in [1.165, 1.54) is 18.4 Å². The van der Waals surface area contributed by atoms with Crippen molar-refractivity contribution in [2.24, 2.45) is 0 Å².